The molecule has 0 saturated carbocycles. The summed E-state index contributed by atoms with van der Waals surface area (Å²) in [6.45, 7) is 1.83. The number of hydrogen-bond donors (Lipinski definition) is 1. The van der Waals surface area contributed by atoms with Gasteiger partial charge in [-0.15, -0.1) is 0 Å². The van der Waals surface area contributed by atoms with Crippen molar-refractivity contribution in [2.24, 2.45) is 5.92 Å². The third-order valence-corrected chi connectivity index (χ3v) is 2.47. The standard InChI is InChI=1S/C11H15NO/c1-2-4-10(5-3-1)8-11-6-7-13-12-9-11/h1-5,11-12H,6-9H2. The van der Waals surface area contributed by atoms with E-state index in [1.807, 2.05) is 0 Å². The van der Waals surface area contributed by atoms with Crippen LogP contribution in [0.5, 0.6) is 0 Å². The molecule has 2 nitrogen and oxygen atoms in total. The molecular weight excluding hydrogens is 162 g/mol. The summed E-state index contributed by atoms with van der Waals surface area (Å²) < 4.78 is 0. The number of rotatable bonds is 2. The zero-order valence-electron chi connectivity index (χ0n) is 7.70. The molecule has 0 bridgehead atoms. The van der Waals surface area contributed by atoms with Gasteiger partial charge in [0.25, 0.3) is 0 Å². The summed E-state index contributed by atoms with van der Waals surface area (Å²) in [7, 11) is 0. The van der Waals surface area contributed by atoms with Gasteiger partial charge in [-0.1, -0.05) is 30.3 Å². The molecule has 1 N–H and O–H groups in total. The van der Waals surface area contributed by atoms with Crippen LogP contribution in [0, 0.1) is 5.92 Å². The molecule has 0 radical (unpaired) electrons. The first-order valence-corrected chi connectivity index (χ1v) is 4.84. The van der Waals surface area contributed by atoms with Crippen LogP contribution in [-0.4, -0.2) is 13.2 Å². The summed E-state index contributed by atoms with van der Waals surface area (Å²) in [6, 6.07) is 10.6. The topological polar surface area (TPSA) is 21.3 Å². The molecule has 2 heteroatoms. The highest BCUT2D eigenvalue weighted by Gasteiger charge is 2.13. The van der Waals surface area contributed by atoms with Crippen molar-refractivity contribution in [3.8, 4) is 0 Å². The molecule has 0 amide bonds. The SMILES string of the molecule is c1ccc(CC2CCONC2)cc1. The lowest BCUT2D eigenvalue weighted by molar-refractivity contribution is -0.00974. The second kappa shape index (κ2) is 4.40. The summed E-state index contributed by atoms with van der Waals surface area (Å²) >= 11 is 0. The minimum atomic E-state index is 0.733. The van der Waals surface area contributed by atoms with Crippen LogP contribution < -0.4 is 5.48 Å². The first-order chi connectivity index (χ1) is 6.45. The molecule has 1 aliphatic rings. The highest BCUT2D eigenvalue weighted by atomic mass is 16.6. The van der Waals surface area contributed by atoms with Crippen LogP contribution >= 0.6 is 0 Å². The lowest BCUT2D eigenvalue weighted by atomic mass is 9.96. The Kier molecular flexibility index (Phi) is 2.95. The number of hydroxylamine groups is 1. The summed E-state index contributed by atoms with van der Waals surface area (Å²) in [5.41, 5.74) is 4.38. The molecule has 0 aliphatic carbocycles. The van der Waals surface area contributed by atoms with E-state index < -0.39 is 0 Å². The maximum atomic E-state index is 5.09. The van der Waals surface area contributed by atoms with Crippen molar-refractivity contribution < 1.29 is 4.84 Å². The van der Waals surface area contributed by atoms with E-state index in [9.17, 15) is 0 Å². The van der Waals surface area contributed by atoms with E-state index in [-0.39, 0.29) is 0 Å². The third kappa shape index (κ3) is 2.54. The fourth-order valence-corrected chi connectivity index (χ4v) is 1.70. The van der Waals surface area contributed by atoms with Gasteiger partial charge in [0.15, 0.2) is 0 Å². The van der Waals surface area contributed by atoms with Crippen LogP contribution in [0.1, 0.15) is 12.0 Å². The molecule has 1 aromatic rings. The molecule has 13 heavy (non-hydrogen) atoms. The van der Waals surface area contributed by atoms with Gasteiger partial charge in [-0.2, -0.15) is 0 Å². The number of benzene rings is 1. The van der Waals surface area contributed by atoms with E-state index in [1.165, 1.54) is 12.0 Å². The van der Waals surface area contributed by atoms with Gasteiger partial charge in [0, 0.05) is 6.54 Å². The Labute approximate surface area is 78.9 Å². The Bertz CT molecular complexity index is 242. The van der Waals surface area contributed by atoms with Gasteiger partial charge in [-0.3, -0.25) is 0 Å². The number of nitrogens with one attached hydrogen (secondary N) is 1. The van der Waals surface area contributed by atoms with Gasteiger partial charge in [-0.05, 0) is 24.3 Å². The molecular formula is C11H15NO. The lowest BCUT2D eigenvalue weighted by Crippen LogP contribution is -2.31. The molecule has 1 atom stereocenters. The molecule has 70 valence electrons. The Morgan fingerprint density at radius 2 is 2.15 bits per heavy atom. The average molecular weight is 177 g/mol. The average Bonchev–Trinajstić information content (AvgIpc) is 2.21. The monoisotopic (exact) mass is 177 g/mol. The van der Waals surface area contributed by atoms with Crippen LogP contribution in [0.25, 0.3) is 0 Å². The van der Waals surface area contributed by atoms with Crippen molar-refractivity contribution in [2.75, 3.05) is 13.2 Å². The largest absolute Gasteiger partial charge is 0.302 e. The van der Waals surface area contributed by atoms with E-state index in [1.54, 1.807) is 0 Å². The van der Waals surface area contributed by atoms with Crippen molar-refractivity contribution in [1.82, 2.24) is 5.48 Å². The molecule has 1 saturated heterocycles. The summed E-state index contributed by atoms with van der Waals surface area (Å²) in [6.07, 6.45) is 2.33. The fourth-order valence-electron chi connectivity index (χ4n) is 1.70. The third-order valence-electron chi connectivity index (χ3n) is 2.47. The van der Waals surface area contributed by atoms with E-state index in [2.05, 4.69) is 35.8 Å². The molecule has 0 aromatic heterocycles. The van der Waals surface area contributed by atoms with E-state index in [0.29, 0.717) is 0 Å². The van der Waals surface area contributed by atoms with Gasteiger partial charge in [0.2, 0.25) is 0 Å². The zero-order chi connectivity index (χ0) is 8.93. The number of hydrogen-bond acceptors (Lipinski definition) is 2. The zero-order valence-corrected chi connectivity index (χ0v) is 7.70. The van der Waals surface area contributed by atoms with Crippen molar-refractivity contribution in [3.05, 3.63) is 35.9 Å². The summed E-state index contributed by atoms with van der Waals surface area (Å²) in [5, 5.41) is 0. The van der Waals surface area contributed by atoms with Crippen LogP contribution in [0.3, 0.4) is 0 Å². The van der Waals surface area contributed by atoms with Crippen LogP contribution in [0.2, 0.25) is 0 Å². The normalized spacial score (nSPS) is 22.9. The van der Waals surface area contributed by atoms with Crippen LogP contribution in [0.4, 0.5) is 0 Å². The maximum absolute atomic E-state index is 5.09. The first-order valence-electron chi connectivity index (χ1n) is 4.84. The molecule has 1 heterocycles. The minimum absolute atomic E-state index is 0.733. The molecule has 1 fully saturated rings. The summed E-state index contributed by atoms with van der Waals surface area (Å²) in [5.74, 6) is 0.733. The van der Waals surface area contributed by atoms with Gasteiger partial charge >= 0.3 is 0 Å². The highest BCUT2D eigenvalue weighted by Crippen LogP contribution is 2.13. The predicted octanol–water partition coefficient (Wildman–Crippen LogP) is 1.77. The fraction of sp³-hybridized carbons (Fsp3) is 0.455. The van der Waals surface area contributed by atoms with Gasteiger partial charge in [-0.25, -0.2) is 5.48 Å². The molecule has 1 aromatic carbocycles. The van der Waals surface area contributed by atoms with Crippen LogP contribution in [-0.2, 0) is 11.3 Å². The van der Waals surface area contributed by atoms with Gasteiger partial charge in [0.1, 0.15) is 0 Å². The van der Waals surface area contributed by atoms with E-state index in [4.69, 9.17) is 4.84 Å². The van der Waals surface area contributed by atoms with E-state index >= 15 is 0 Å². The Hall–Kier alpha value is -0.860. The van der Waals surface area contributed by atoms with Crippen molar-refractivity contribution in [1.29, 1.82) is 0 Å². The Morgan fingerprint density at radius 3 is 2.85 bits per heavy atom. The minimum Gasteiger partial charge on any atom is -0.302 e. The lowest BCUT2D eigenvalue weighted by Gasteiger charge is -2.22. The Morgan fingerprint density at radius 1 is 1.31 bits per heavy atom. The Balaban J connectivity index is 1.90. The van der Waals surface area contributed by atoms with Gasteiger partial charge in [0.05, 0.1) is 6.61 Å². The molecule has 2 rings (SSSR count). The molecule has 0 spiro atoms. The van der Waals surface area contributed by atoms with Crippen molar-refractivity contribution in [3.63, 3.8) is 0 Å². The highest BCUT2D eigenvalue weighted by molar-refractivity contribution is 5.15. The van der Waals surface area contributed by atoms with Crippen molar-refractivity contribution >= 4 is 0 Å². The second-order valence-electron chi connectivity index (χ2n) is 3.54. The van der Waals surface area contributed by atoms with Crippen molar-refractivity contribution in [2.45, 2.75) is 12.8 Å². The second-order valence-corrected chi connectivity index (χ2v) is 3.54. The van der Waals surface area contributed by atoms with Crippen LogP contribution in [0.15, 0.2) is 30.3 Å². The quantitative estimate of drug-likeness (QED) is 0.743. The first kappa shape index (κ1) is 8.73. The summed E-state index contributed by atoms with van der Waals surface area (Å²) in [4.78, 5) is 5.09. The maximum Gasteiger partial charge on any atom is 0.0685 e. The van der Waals surface area contributed by atoms with Gasteiger partial charge < -0.3 is 4.84 Å². The predicted molar refractivity (Wildman–Crippen MR) is 52.2 cm³/mol. The smallest absolute Gasteiger partial charge is 0.0685 e. The molecule has 1 unspecified atom stereocenters. The van der Waals surface area contributed by atoms with E-state index in [0.717, 1.165) is 25.5 Å². The molecule has 1 aliphatic heterocycles.